The zero-order valence-corrected chi connectivity index (χ0v) is 12.0. The number of hydrogen-bond acceptors (Lipinski definition) is 2. The molecule has 1 fully saturated rings. The first kappa shape index (κ1) is 13.9. The lowest BCUT2D eigenvalue weighted by molar-refractivity contribution is 0.255. The monoisotopic (exact) mass is 267 g/mol. The molecule has 3 heteroatoms. The first-order chi connectivity index (χ1) is 8.61. The van der Waals surface area contributed by atoms with Crippen LogP contribution in [0.1, 0.15) is 42.7 Å². The van der Waals surface area contributed by atoms with Crippen LogP contribution in [0.5, 0.6) is 0 Å². The van der Waals surface area contributed by atoms with E-state index in [1.165, 1.54) is 18.4 Å². The maximum Gasteiger partial charge on any atom is 0.0497 e. The summed E-state index contributed by atoms with van der Waals surface area (Å²) in [7, 11) is 2.17. The molecule has 1 unspecified atom stereocenters. The van der Waals surface area contributed by atoms with Crippen molar-refractivity contribution in [3.05, 3.63) is 34.3 Å². The van der Waals surface area contributed by atoms with Crippen molar-refractivity contribution in [1.29, 1.82) is 0 Å². The minimum atomic E-state index is 0.161. The maximum atomic E-state index is 9.18. The molecular weight excluding hydrogens is 246 g/mol. The highest BCUT2D eigenvalue weighted by atomic mass is 35.5. The molecule has 2 rings (SSSR count). The van der Waals surface area contributed by atoms with Crippen LogP contribution in [-0.4, -0.2) is 36.8 Å². The fraction of sp³-hybridized carbons (Fsp3) is 0.600. The summed E-state index contributed by atoms with van der Waals surface area (Å²) in [6.45, 7) is 4.48. The number of aliphatic hydroxyl groups excluding tert-OH is 1. The van der Waals surface area contributed by atoms with Gasteiger partial charge in [-0.2, -0.15) is 0 Å². The van der Waals surface area contributed by atoms with Gasteiger partial charge in [0.05, 0.1) is 0 Å². The summed E-state index contributed by atoms with van der Waals surface area (Å²) in [4.78, 5) is 2.37. The molecule has 1 aliphatic rings. The quantitative estimate of drug-likeness (QED) is 0.909. The van der Waals surface area contributed by atoms with E-state index in [9.17, 15) is 5.11 Å². The van der Waals surface area contributed by atoms with E-state index in [0.29, 0.717) is 5.92 Å². The zero-order chi connectivity index (χ0) is 13.1. The van der Waals surface area contributed by atoms with Gasteiger partial charge in [0.25, 0.3) is 0 Å². The van der Waals surface area contributed by atoms with Crippen molar-refractivity contribution in [1.82, 2.24) is 4.90 Å². The van der Waals surface area contributed by atoms with Crippen LogP contribution in [0.15, 0.2) is 18.2 Å². The van der Waals surface area contributed by atoms with E-state index in [1.54, 1.807) is 0 Å². The number of benzene rings is 1. The second kappa shape index (κ2) is 6.05. The fourth-order valence-corrected chi connectivity index (χ4v) is 2.95. The Labute approximate surface area is 115 Å². The number of nitrogens with zero attached hydrogens (tertiary/aromatic N) is 1. The molecule has 2 nitrogen and oxygen atoms in total. The minimum Gasteiger partial charge on any atom is -0.396 e. The summed E-state index contributed by atoms with van der Waals surface area (Å²) in [5.74, 6) is 0.751. The van der Waals surface area contributed by atoms with Crippen LogP contribution in [0, 0.1) is 0 Å². The highest BCUT2D eigenvalue weighted by molar-refractivity contribution is 6.31. The lowest BCUT2D eigenvalue weighted by atomic mass is 9.88. The van der Waals surface area contributed by atoms with Gasteiger partial charge >= 0.3 is 0 Å². The van der Waals surface area contributed by atoms with E-state index < -0.39 is 0 Å². The third-order valence-electron chi connectivity index (χ3n) is 4.03. The molecule has 0 bridgehead atoms. The molecule has 0 saturated carbocycles. The van der Waals surface area contributed by atoms with Crippen LogP contribution in [0.3, 0.4) is 0 Å². The summed E-state index contributed by atoms with van der Waals surface area (Å²) in [5, 5.41) is 10.0. The molecule has 1 saturated heterocycles. The smallest absolute Gasteiger partial charge is 0.0497 e. The Morgan fingerprint density at radius 1 is 1.39 bits per heavy atom. The lowest BCUT2D eigenvalue weighted by Gasteiger charge is -2.30. The van der Waals surface area contributed by atoms with Crippen molar-refractivity contribution in [3.63, 3.8) is 0 Å². The van der Waals surface area contributed by atoms with Crippen molar-refractivity contribution < 1.29 is 5.11 Å². The van der Waals surface area contributed by atoms with Crippen LogP contribution in [0.4, 0.5) is 0 Å². The van der Waals surface area contributed by atoms with E-state index in [0.717, 1.165) is 23.7 Å². The highest BCUT2D eigenvalue weighted by Crippen LogP contribution is 2.34. The van der Waals surface area contributed by atoms with Crippen LogP contribution in [-0.2, 0) is 0 Å². The topological polar surface area (TPSA) is 23.5 Å². The molecule has 1 atom stereocenters. The summed E-state index contributed by atoms with van der Waals surface area (Å²) in [6.07, 6.45) is 2.37. The van der Waals surface area contributed by atoms with Gasteiger partial charge in [0, 0.05) is 17.5 Å². The molecule has 1 aromatic rings. The van der Waals surface area contributed by atoms with E-state index in [4.69, 9.17) is 11.6 Å². The minimum absolute atomic E-state index is 0.161. The third kappa shape index (κ3) is 3.05. The summed E-state index contributed by atoms with van der Waals surface area (Å²) >= 11 is 6.40. The van der Waals surface area contributed by atoms with Crippen molar-refractivity contribution in [2.24, 2.45) is 0 Å². The molecule has 0 spiro atoms. The Bertz CT molecular complexity index is 399. The predicted octanol–water partition coefficient (Wildman–Crippen LogP) is 3.25. The molecular formula is C15H22ClNO. The fourth-order valence-electron chi connectivity index (χ4n) is 2.61. The zero-order valence-electron chi connectivity index (χ0n) is 11.2. The molecule has 0 radical (unpaired) electrons. The van der Waals surface area contributed by atoms with E-state index in [-0.39, 0.29) is 12.5 Å². The van der Waals surface area contributed by atoms with Gasteiger partial charge < -0.3 is 10.0 Å². The highest BCUT2D eigenvalue weighted by Gasteiger charge is 2.20. The molecule has 0 aromatic heterocycles. The SMILES string of the molecule is CC(CO)c1ccc(C2CCN(C)CC2)c(Cl)c1. The molecule has 100 valence electrons. The Balaban J connectivity index is 2.14. The second-order valence-electron chi connectivity index (χ2n) is 5.44. The van der Waals surface area contributed by atoms with Gasteiger partial charge in [-0.1, -0.05) is 30.7 Å². The molecule has 0 aliphatic carbocycles. The Kier molecular flexibility index (Phi) is 4.66. The van der Waals surface area contributed by atoms with Gasteiger partial charge in [0.2, 0.25) is 0 Å². The number of piperidine rings is 1. The van der Waals surface area contributed by atoms with Crippen molar-refractivity contribution >= 4 is 11.6 Å². The molecule has 1 heterocycles. The summed E-state index contributed by atoms with van der Waals surface area (Å²) in [6, 6.07) is 6.29. The first-order valence-electron chi connectivity index (χ1n) is 6.70. The van der Waals surface area contributed by atoms with Crippen LogP contribution in [0.25, 0.3) is 0 Å². The van der Waals surface area contributed by atoms with Crippen molar-refractivity contribution in [2.75, 3.05) is 26.7 Å². The molecule has 0 amide bonds. The number of rotatable bonds is 3. The molecule has 1 N–H and O–H groups in total. The predicted molar refractivity (Wildman–Crippen MR) is 76.4 cm³/mol. The largest absolute Gasteiger partial charge is 0.396 e. The Hall–Kier alpha value is -0.570. The van der Waals surface area contributed by atoms with Gasteiger partial charge in [-0.05, 0) is 56.1 Å². The first-order valence-corrected chi connectivity index (χ1v) is 7.08. The molecule has 1 aliphatic heterocycles. The Morgan fingerprint density at radius 2 is 2.06 bits per heavy atom. The average Bonchev–Trinajstić information content (AvgIpc) is 2.39. The summed E-state index contributed by atoms with van der Waals surface area (Å²) in [5.41, 5.74) is 2.40. The normalized spacial score (nSPS) is 20.0. The van der Waals surface area contributed by atoms with Gasteiger partial charge in [0.15, 0.2) is 0 Å². The molecule has 1 aromatic carbocycles. The Morgan fingerprint density at radius 3 is 2.61 bits per heavy atom. The lowest BCUT2D eigenvalue weighted by Crippen LogP contribution is -2.29. The van der Waals surface area contributed by atoms with Gasteiger partial charge in [-0.25, -0.2) is 0 Å². The van der Waals surface area contributed by atoms with E-state index in [2.05, 4.69) is 24.1 Å². The third-order valence-corrected chi connectivity index (χ3v) is 4.35. The van der Waals surface area contributed by atoms with E-state index >= 15 is 0 Å². The molecule has 18 heavy (non-hydrogen) atoms. The van der Waals surface area contributed by atoms with Crippen LogP contribution in [0.2, 0.25) is 5.02 Å². The van der Waals surface area contributed by atoms with Crippen molar-refractivity contribution in [3.8, 4) is 0 Å². The maximum absolute atomic E-state index is 9.18. The number of hydrogen-bond donors (Lipinski definition) is 1. The van der Waals surface area contributed by atoms with Gasteiger partial charge in [-0.15, -0.1) is 0 Å². The number of likely N-dealkylation sites (tertiary alicyclic amines) is 1. The van der Waals surface area contributed by atoms with Crippen LogP contribution < -0.4 is 0 Å². The van der Waals surface area contributed by atoms with Crippen LogP contribution >= 0.6 is 11.6 Å². The summed E-state index contributed by atoms with van der Waals surface area (Å²) < 4.78 is 0. The number of halogens is 1. The van der Waals surface area contributed by atoms with Gasteiger partial charge in [-0.3, -0.25) is 0 Å². The van der Waals surface area contributed by atoms with Gasteiger partial charge in [0.1, 0.15) is 0 Å². The van der Waals surface area contributed by atoms with E-state index in [1.807, 2.05) is 13.0 Å². The standard InChI is InChI=1S/C15H22ClNO/c1-11(10-18)13-3-4-14(15(16)9-13)12-5-7-17(2)8-6-12/h3-4,9,11-12,18H,5-8,10H2,1-2H3. The van der Waals surface area contributed by atoms with Crippen molar-refractivity contribution in [2.45, 2.75) is 31.6 Å². The average molecular weight is 268 g/mol. The second-order valence-corrected chi connectivity index (χ2v) is 5.85. The number of aliphatic hydroxyl groups is 1.